The molecule has 0 aliphatic rings. The molecule has 1 aromatic carbocycles. The van der Waals surface area contributed by atoms with Crippen LogP contribution in [-0.4, -0.2) is 25.8 Å². The van der Waals surface area contributed by atoms with Crippen molar-refractivity contribution >= 4 is 33.2 Å². The maximum Gasteiger partial charge on any atom is 0.243 e. The maximum atomic E-state index is 13.7. The average Bonchev–Trinajstić information content (AvgIpc) is 2.39. The predicted molar refractivity (Wildman–Crippen MR) is 80.2 cm³/mol. The molecule has 0 aliphatic carbocycles. The standard InChI is InChI=1S/C13H18Cl2FNO2S/c1-8(2)9(3)17(4)20(18,19)11-5-10(7-14)13(15)12(16)6-11/h5-6,8-9H,7H2,1-4H3. The van der Waals surface area contributed by atoms with Crippen molar-refractivity contribution in [3.63, 3.8) is 0 Å². The molecule has 1 atom stereocenters. The molecule has 0 aromatic heterocycles. The van der Waals surface area contributed by atoms with Gasteiger partial charge in [-0.2, -0.15) is 4.31 Å². The molecule has 0 fully saturated rings. The number of sulfonamides is 1. The van der Waals surface area contributed by atoms with Crippen molar-refractivity contribution < 1.29 is 12.8 Å². The van der Waals surface area contributed by atoms with Gasteiger partial charge in [-0.15, -0.1) is 11.6 Å². The van der Waals surface area contributed by atoms with Crippen LogP contribution in [0.5, 0.6) is 0 Å². The summed E-state index contributed by atoms with van der Waals surface area (Å²) in [4.78, 5) is -0.134. The van der Waals surface area contributed by atoms with Gasteiger partial charge in [0.2, 0.25) is 10.0 Å². The Balaban J connectivity index is 3.33. The summed E-state index contributed by atoms with van der Waals surface area (Å²) >= 11 is 11.4. The van der Waals surface area contributed by atoms with Crippen LogP contribution in [0.2, 0.25) is 5.02 Å². The van der Waals surface area contributed by atoms with Crippen molar-refractivity contribution in [1.29, 1.82) is 0 Å². The molecular formula is C13H18Cl2FNO2S. The van der Waals surface area contributed by atoms with Crippen molar-refractivity contribution in [3.05, 3.63) is 28.5 Å². The second-order valence-corrected chi connectivity index (χ2v) is 7.66. The Bertz CT molecular complexity index is 590. The van der Waals surface area contributed by atoms with Gasteiger partial charge < -0.3 is 0 Å². The lowest BCUT2D eigenvalue weighted by Crippen LogP contribution is -2.38. The first-order valence-electron chi connectivity index (χ1n) is 6.14. The van der Waals surface area contributed by atoms with Crippen molar-refractivity contribution in [1.82, 2.24) is 4.31 Å². The van der Waals surface area contributed by atoms with Crippen LogP contribution in [-0.2, 0) is 15.9 Å². The van der Waals surface area contributed by atoms with Gasteiger partial charge in [0.25, 0.3) is 0 Å². The van der Waals surface area contributed by atoms with E-state index < -0.39 is 15.8 Å². The van der Waals surface area contributed by atoms with E-state index in [2.05, 4.69) is 0 Å². The smallest absolute Gasteiger partial charge is 0.207 e. The molecule has 0 amide bonds. The highest BCUT2D eigenvalue weighted by atomic mass is 35.5. The Hall–Kier alpha value is -0.360. The first-order chi connectivity index (χ1) is 9.12. The third-order valence-electron chi connectivity index (χ3n) is 3.44. The minimum atomic E-state index is -3.78. The normalized spacial score (nSPS) is 14.1. The fourth-order valence-electron chi connectivity index (χ4n) is 1.67. The van der Waals surface area contributed by atoms with E-state index in [9.17, 15) is 12.8 Å². The number of hydrogen-bond donors (Lipinski definition) is 0. The second kappa shape index (κ2) is 6.60. The van der Waals surface area contributed by atoms with Gasteiger partial charge in [0.15, 0.2) is 0 Å². The number of nitrogens with zero attached hydrogens (tertiary/aromatic N) is 1. The summed E-state index contributed by atoms with van der Waals surface area (Å²) in [7, 11) is -2.30. The maximum absolute atomic E-state index is 13.7. The van der Waals surface area contributed by atoms with Crippen molar-refractivity contribution in [2.24, 2.45) is 5.92 Å². The Kier molecular flexibility index (Phi) is 5.84. The van der Waals surface area contributed by atoms with Gasteiger partial charge in [0.1, 0.15) is 5.82 Å². The molecule has 3 nitrogen and oxygen atoms in total. The molecule has 20 heavy (non-hydrogen) atoms. The number of halogens is 3. The van der Waals surface area contributed by atoms with E-state index in [1.165, 1.54) is 17.4 Å². The zero-order valence-electron chi connectivity index (χ0n) is 11.8. The van der Waals surface area contributed by atoms with Crippen LogP contribution in [0.15, 0.2) is 17.0 Å². The van der Waals surface area contributed by atoms with Crippen LogP contribution >= 0.6 is 23.2 Å². The Morgan fingerprint density at radius 1 is 1.30 bits per heavy atom. The minimum Gasteiger partial charge on any atom is -0.207 e. The topological polar surface area (TPSA) is 37.4 Å². The van der Waals surface area contributed by atoms with E-state index in [-0.39, 0.29) is 33.3 Å². The summed E-state index contributed by atoms with van der Waals surface area (Å²) in [5, 5.41) is -0.140. The van der Waals surface area contributed by atoms with Gasteiger partial charge >= 0.3 is 0 Å². The van der Waals surface area contributed by atoms with Gasteiger partial charge in [-0.1, -0.05) is 25.4 Å². The number of benzene rings is 1. The molecule has 0 saturated heterocycles. The molecule has 1 unspecified atom stereocenters. The number of hydrogen-bond acceptors (Lipinski definition) is 2. The quantitative estimate of drug-likeness (QED) is 0.762. The van der Waals surface area contributed by atoms with E-state index in [0.29, 0.717) is 0 Å². The van der Waals surface area contributed by atoms with Crippen LogP contribution in [0.25, 0.3) is 0 Å². The van der Waals surface area contributed by atoms with Crippen LogP contribution in [0.4, 0.5) is 4.39 Å². The first-order valence-corrected chi connectivity index (χ1v) is 8.50. The molecule has 0 N–H and O–H groups in total. The largest absolute Gasteiger partial charge is 0.243 e. The highest BCUT2D eigenvalue weighted by Crippen LogP contribution is 2.28. The third kappa shape index (κ3) is 3.45. The van der Waals surface area contributed by atoms with E-state index >= 15 is 0 Å². The third-order valence-corrected chi connectivity index (χ3v) is 6.07. The fraction of sp³-hybridized carbons (Fsp3) is 0.538. The summed E-state index contributed by atoms with van der Waals surface area (Å²) in [5.41, 5.74) is 0.262. The summed E-state index contributed by atoms with van der Waals surface area (Å²) in [5.74, 6) is -0.698. The molecule has 114 valence electrons. The Morgan fingerprint density at radius 2 is 1.85 bits per heavy atom. The molecular weight excluding hydrogens is 324 g/mol. The number of alkyl halides is 1. The summed E-state index contributed by atoms with van der Waals surface area (Å²) < 4.78 is 39.9. The molecule has 1 rings (SSSR count). The zero-order chi connectivity index (χ0) is 15.7. The van der Waals surface area contributed by atoms with Crippen molar-refractivity contribution in [3.8, 4) is 0 Å². The van der Waals surface area contributed by atoms with Crippen LogP contribution in [0.3, 0.4) is 0 Å². The first kappa shape index (κ1) is 17.7. The van der Waals surface area contributed by atoms with Gasteiger partial charge in [-0.3, -0.25) is 0 Å². The van der Waals surface area contributed by atoms with Gasteiger partial charge in [-0.05, 0) is 30.5 Å². The predicted octanol–water partition coefficient (Wildman–Crippen LogP) is 3.88. The SMILES string of the molecule is CC(C)C(C)N(C)S(=O)(=O)c1cc(F)c(Cl)c(CCl)c1. The van der Waals surface area contributed by atoms with Gasteiger partial charge in [-0.25, -0.2) is 12.8 Å². The average molecular weight is 342 g/mol. The summed E-state index contributed by atoms with van der Waals surface area (Å²) in [6, 6.07) is 2.03. The van der Waals surface area contributed by atoms with Crippen molar-refractivity contribution in [2.45, 2.75) is 37.6 Å². The van der Waals surface area contributed by atoms with E-state index in [0.717, 1.165) is 6.07 Å². The molecule has 0 aliphatic heterocycles. The van der Waals surface area contributed by atoms with Crippen LogP contribution in [0.1, 0.15) is 26.3 Å². The van der Waals surface area contributed by atoms with E-state index in [4.69, 9.17) is 23.2 Å². The number of rotatable bonds is 5. The lowest BCUT2D eigenvalue weighted by molar-refractivity contribution is 0.315. The van der Waals surface area contributed by atoms with E-state index in [1.54, 1.807) is 6.92 Å². The van der Waals surface area contributed by atoms with Gasteiger partial charge in [0.05, 0.1) is 9.92 Å². The molecule has 1 aromatic rings. The van der Waals surface area contributed by atoms with Crippen LogP contribution < -0.4 is 0 Å². The molecule has 0 saturated carbocycles. The molecule has 7 heteroatoms. The minimum absolute atomic E-state index is 0.0530. The summed E-state index contributed by atoms with van der Waals surface area (Å²) in [6.45, 7) is 5.64. The summed E-state index contributed by atoms with van der Waals surface area (Å²) in [6.07, 6.45) is 0. The Morgan fingerprint density at radius 3 is 2.30 bits per heavy atom. The molecule has 0 radical (unpaired) electrons. The zero-order valence-corrected chi connectivity index (χ0v) is 14.2. The second-order valence-electron chi connectivity index (χ2n) is 5.02. The van der Waals surface area contributed by atoms with Crippen LogP contribution in [0, 0.1) is 11.7 Å². The lowest BCUT2D eigenvalue weighted by atomic mass is 10.1. The van der Waals surface area contributed by atoms with Gasteiger partial charge in [0, 0.05) is 19.0 Å². The highest BCUT2D eigenvalue weighted by molar-refractivity contribution is 7.89. The van der Waals surface area contributed by atoms with Crippen molar-refractivity contribution in [2.75, 3.05) is 7.05 Å². The monoisotopic (exact) mass is 341 g/mol. The highest BCUT2D eigenvalue weighted by Gasteiger charge is 2.28. The molecule has 0 bridgehead atoms. The molecule has 0 heterocycles. The lowest BCUT2D eigenvalue weighted by Gasteiger charge is -2.27. The fourth-order valence-corrected chi connectivity index (χ4v) is 3.68. The molecule has 0 spiro atoms. The van der Waals surface area contributed by atoms with E-state index in [1.807, 2.05) is 13.8 Å². The Labute approximate surface area is 129 Å².